The molecule has 0 radical (unpaired) electrons. The number of nitrogens with zero attached hydrogens (tertiary/aromatic N) is 3. The van der Waals surface area contributed by atoms with Crippen molar-refractivity contribution in [3.8, 4) is 0 Å². The fourth-order valence-electron chi connectivity index (χ4n) is 3.61. The Morgan fingerprint density at radius 1 is 1.37 bits per heavy atom. The van der Waals surface area contributed by atoms with E-state index in [9.17, 15) is 18.0 Å². The summed E-state index contributed by atoms with van der Waals surface area (Å²) in [5.41, 5.74) is 7.54. The summed E-state index contributed by atoms with van der Waals surface area (Å²) in [6.07, 6.45) is 2.57. The Labute approximate surface area is 157 Å². The third-order valence-corrected chi connectivity index (χ3v) is 6.93. The van der Waals surface area contributed by atoms with Crippen LogP contribution in [0, 0.1) is 13.8 Å². The number of aromatic nitrogens is 3. The van der Waals surface area contributed by atoms with Gasteiger partial charge >= 0.3 is 0 Å². The monoisotopic (exact) mass is 393 g/mol. The number of imidazole rings is 1. The van der Waals surface area contributed by atoms with Gasteiger partial charge in [-0.05, 0) is 39.2 Å². The van der Waals surface area contributed by atoms with Crippen molar-refractivity contribution in [1.82, 2.24) is 19.7 Å². The molecule has 1 aliphatic heterocycles. The number of hydrogen-bond acceptors (Lipinski definition) is 6. The summed E-state index contributed by atoms with van der Waals surface area (Å²) in [5.74, 6) is -0.763. The van der Waals surface area contributed by atoms with E-state index in [2.05, 4.69) is 15.3 Å². The SMILES string of the molecule is Cc1nc2c(C(N)=O)ncn2c(C)c1CCC(=O)N[C@]1(C)CCS(=O)(=O)C1. The second kappa shape index (κ2) is 6.59. The maximum Gasteiger partial charge on any atom is 0.271 e. The highest BCUT2D eigenvalue weighted by atomic mass is 32.2. The highest BCUT2D eigenvalue weighted by Gasteiger charge is 2.39. The zero-order valence-electron chi connectivity index (χ0n) is 15.6. The predicted octanol–water partition coefficient (Wildman–Crippen LogP) is 0.0710. The third kappa shape index (κ3) is 3.80. The average molecular weight is 393 g/mol. The Morgan fingerprint density at radius 2 is 2.07 bits per heavy atom. The van der Waals surface area contributed by atoms with Crippen LogP contribution >= 0.6 is 0 Å². The number of sulfone groups is 1. The molecule has 1 aliphatic rings. The topological polar surface area (TPSA) is 137 Å². The molecule has 1 atom stereocenters. The first-order valence-electron chi connectivity index (χ1n) is 8.66. The maximum absolute atomic E-state index is 12.4. The fourth-order valence-corrected chi connectivity index (χ4v) is 5.70. The second-order valence-corrected chi connectivity index (χ2v) is 9.55. The van der Waals surface area contributed by atoms with Gasteiger partial charge in [0.1, 0.15) is 6.33 Å². The molecule has 0 spiro atoms. The Morgan fingerprint density at radius 3 is 2.67 bits per heavy atom. The van der Waals surface area contributed by atoms with Gasteiger partial charge in [-0.15, -0.1) is 0 Å². The first-order chi connectivity index (χ1) is 12.5. The largest absolute Gasteiger partial charge is 0.364 e. The molecule has 146 valence electrons. The van der Waals surface area contributed by atoms with Crippen molar-refractivity contribution in [1.29, 1.82) is 0 Å². The van der Waals surface area contributed by atoms with E-state index in [1.807, 2.05) is 13.8 Å². The maximum atomic E-state index is 12.4. The van der Waals surface area contributed by atoms with Crippen LogP contribution in [-0.4, -0.2) is 51.6 Å². The van der Waals surface area contributed by atoms with Gasteiger partial charge in [0.2, 0.25) is 5.91 Å². The van der Waals surface area contributed by atoms with Gasteiger partial charge in [0.25, 0.3) is 5.91 Å². The molecule has 1 fully saturated rings. The summed E-state index contributed by atoms with van der Waals surface area (Å²) in [6, 6.07) is 0. The van der Waals surface area contributed by atoms with E-state index >= 15 is 0 Å². The van der Waals surface area contributed by atoms with E-state index in [1.54, 1.807) is 11.3 Å². The number of hydrogen-bond donors (Lipinski definition) is 2. The molecule has 3 heterocycles. The molecule has 9 nitrogen and oxygen atoms in total. The first-order valence-corrected chi connectivity index (χ1v) is 10.5. The fraction of sp³-hybridized carbons (Fsp3) is 0.529. The number of amides is 2. The Bertz CT molecular complexity index is 1040. The van der Waals surface area contributed by atoms with E-state index in [0.717, 1.165) is 11.3 Å². The third-order valence-electron chi connectivity index (χ3n) is 5.03. The molecule has 0 saturated carbocycles. The minimum Gasteiger partial charge on any atom is -0.364 e. The van der Waals surface area contributed by atoms with E-state index < -0.39 is 21.3 Å². The summed E-state index contributed by atoms with van der Waals surface area (Å²) in [5, 5.41) is 2.86. The summed E-state index contributed by atoms with van der Waals surface area (Å²) < 4.78 is 25.0. The molecule has 0 unspecified atom stereocenters. The first kappa shape index (κ1) is 19.3. The molecular formula is C17H23N5O4S. The summed E-state index contributed by atoms with van der Waals surface area (Å²) >= 11 is 0. The second-order valence-electron chi connectivity index (χ2n) is 7.36. The van der Waals surface area contributed by atoms with Gasteiger partial charge in [-0.2, -0.15) is 0 Å². The lowest BCUT2D eigenvalue weighted by Crippen LogP contribution is -2.47. The molecular weight excluding hydrogens is 370 g/mol. The van der Waals surface area contributed by atoms with Crippen LogP contribution < -0.4 is 11.1 Å². The number of primary amides is 1. The number of fused-ring (bicyclic) bond motifs is 1. The molecule has 0 aliphatic carbocycles. The van der Waals surface area contributed by atoms with Gasteiger partial charge in [-0.1, -0.05) is 0 Å². The number of nitrogens with one attached hydrogen (secondary N) is 1. The van der Waals surface area contributed by atoms with Crippen LogP contribution in [-0.2, 0) is 21.1 Å². The Hall–Kier alpha value is -2.49. The quantitative estimate of drug-likeness (QED) is 0.738. The number of carbonyl (C=O) groups excluding carboxylic acids is 2. The molecule has 0 aromatic carbocycles. The molecule has 2 amide bonds. The summed E-state index contributed by atoms with van der Waals surface area (Å²) in [4.78, 5) is 32.2. The smallest absolute Gasteiger partial charge is 0.271 e. The van der Waals surface area contributed by atoms with Gasteiger partial charge in [0, 0.05) is 17.8 Å². The van der Waals surface area contributed by atoms with Gasteiger partial charge in [0.05, 0.1) is 17.0 Å². The van der Waals surface area contributed by atoms with Crippen LogP contribution in [0.2, 0.25) is 0 Å². The van der Waals surface area contributed by atoms with Crippen molar-refractivity contribution >= 4 is 27.3 Å². The lowest BCUT2D eigenvalue weighted by atomic mass is 10.0. The van der Waals surface area contributed by atoms with Crippen molar-refractivity contribution in [3.63, 3.8) is 0 Å². The summed E-state index contributed by atoms with van der Waals surface area (Å²) in [7, 11) is -3.08. The van der Waals surface area contributed by atoms with E-state index in [1.165, 1.54) is 6.33 Å². The zero-order chi connectivity index (χ0) is 20.0. The zero-order valence-corrected chi connectivity index (χ0v) is 16.4. The van der Waals surface area contributed by atoms with Crippen LogP contribution in [0.4, 0.5) is 0 Å². The molecule has 0 bridgehead atoms. The number of carbonyl (C=O) groups is 2. The minimum absolute atomic E-state index is 0.0256. The lowest BCUT2D eigenvalue weighted by molar-refractivity contribution is -0.122. The highest BCUT2D eigenvalue weighted by molar-refractivity contribution is 7.91. The van der Waals surface area contributed by atoms with Crippen molar-refractivity contribution in [2.75, 3.05) is 11.5 Å². The Kier molecular flexibility index (Phi) is 4.71. The normalized spacial score (nSPS) is 21.4. The Balaban J connectivity index is 1.75. The van der Waals surface area contributed by atoms with Gasteiger partial charge in [0.15, 0.2) is 21.2 Å². The number of rotatable bonds is 5. The molecule has 2 aromatic heterocycles. The van der Waals surface area contributed by atoms with E-state index in [4.69, 9.17) is 5.73 Å². The van der Waals surface area contributed by atoms with Crippen LogP contribution in [0.5, 0.6) is 0 Å². The minimum atomic E-state index is -3.08. The van der Waals surface area contributed by atoms with Gasteiger partial charge in [-0.25, -0.2) is 18.4 Å². The molecule has 3 rings (SSSR count). The van der Waals surface area contributed by atoms with E-state index in [-0.39, 0.29) is 29.5 Å². The highest BCUT2D eigenvalue weighted by Crippen LogP contribution is 2.23. The van der Waals surface area contributed by atoms with Crippen LogP contribution in [0.1, 0.15) is 47.2 Å². The molecule has 10 heteroatoms. The van der Waals surface area contributed by atoms with Crippen molar-refractivity contribution in [2.24, 2.45) is 5.73 Å². The molecule has 27 heavy (non-hydrogen) atoms. The molecule has 3 N–H and O–H groups in total. The molecule has 1 saturated heterocycles. The van der Waals surface area contributed by atoms with Crippen LogP contribution in [0.3, 0.4) is 0 Å². The number of nitrogens with two attached hydrogens (primary N) is 1. The standard InChI is InChI=1S/C17H23N5O4S/c1-10-12(11(2)22-9-19-14(15(18)24)16(22)20-10)4-5-13(23)21-17(3)6-7-27(25,26)8-17/h9H,4-8H2,1-3H3,(H2,18,24)(H,21,23)/t17-/m1/s1. The van der Waals surface area contributed by atoms with Crippen molar-refractivity contribution in [2.45, 2.75) is 45.6 Å². The summed E-state index contributed by atoms with van der Waals surface area (Å²) in [6.45, 7) is 5.44. The van der Waals surface area contributed by atoms with Gasteiger partial charge in [-0.3, -0.25) is 14.0 Å². The predicted molar refractivity (Wildman–Crippen MR) is 99.1 cm³/mol. The van der Waals surface area contributed by atoms with Crippen molar-refractivity contribution in [3.05, 3.63) is 29.0 Å². The lowest BCUT2D eigenvalue weighted by Gasteiger charge is -2.24. The van der Waals surface area contributed by atoms with Crippen LogP contribution in [0.25, 0.3) is 5.65 Å². The molecule has 2 aromatic rings. The van der Waals surface area contributed by atoms with E-state index in [0.29, 0.717) is 24.2 Å². The van der Waals surface area contributed by atoms with Gasteiger partial charge < -0.3 is 11.1 Å². The number of aryl methyl sites for hydroxylation is 2. The average Bonchev–Trinajstić information content (AvgIpc) is 3.07. The van der Waals surface area contributed by atoms with Crippen LogP contribution in [0.15, 0.2) is 6.33 Å². The van der Waals surface area contributed by atoms with Crippen molar-refractivity contribution < 1.29 is 18.0 Å².